The number of nitrogens with zero attached hydrogens (tertiary/aromatic N) is 1. The Hall–Kier alpha value is -2.12. The molecule has 0 aliphatic rings. The van der Waals surface area contributed by atoms with Crippen LogP contribution in [0.4, 0.5) is 0 Å². The van der Waals surface area contributed by atoms with Crippen LogP contribution >= 0.6 is 0 Å². The molecule has 0 aromatic carbocycles. The molecular formula is C31H66N4O4. The van der Waals surface area contributed by atoms with Crippen molar-refractivity contribution < 1.29 is 19.2 Å². The van der Waals surface area contributed by atoms with E-state index < -0.39 is 0 Å². The summed E-state index contributed by atoms with van der Waals surface area (Å²) in [5.74, 6) is 1.46. The van der Waals surface area contributed by atoms with E-state index in [2.05, 4.69) is 16.0 Å². The summed E-state index contributed by atoms with van der Waals surface area (Å²) in [7, 11) is 0. The zero-order valence-electron chi connectivity index (χ0n) is 28.6. The molecule has 0 unspecified atom stereocenters. The van der Waals surface area contributed by atoms with Crippen LogP contribution in [-0.2, 0) is 19.2 Å². The number of carbonyl (C=O) groups excluding carboxylic acids is 4. The Balaban J connectivity index is -0.000000210. The van der Waals surface area contributed by atoms with Gasteiger partial charge in [-0.15, -0.1) is 0 Å². The first-order valence-electron chi connectivity index (χ1n) is 14.8. The molecule has 0 spiro atoms. The van der Waals surface area contributed by atoms with E-state index in [0.717, 1.165) is 6.54 Å². The highest BCUT2D eigenvalue weighted by molar-refractivity contribution is 5.79. The van der Waals surface area contributed by atoms with Crippen LogP contribution in [0.5, 0.6) is 0 Å². The van der Waals surface area contributed by atoms with Crippen molar-refractivity contribution in [2.24, 2.45) is 23.7 Å². The van der Waals surface area contributed by atoms with Gasteiger partial charge < -0.3 is 20.9 Å². The maximum Gasteiger partial charge on any atom is 0.225 e. The second-order valence-corrected chi connectivity index (χ2v) is 12.3. The van der Waals surface area contributed by atoms with E-state index in [1.807, 2.05) is 123 Å². The van der Waals surface area contributed by atoms with Gasteiger partial charge in [-0.25, -0.2) is 0 Å². The largest absolute Gasteiger partial charge is 0.354 e. The highest BCUT2D eigenvalue weighted by Crippen LogP contribution is 2.05. The summed E-state index contributed by atoms with van der Waals surface area (Å²) < 4.78 is 0. The number of hydrogen-bond donors (Lipinski definition) is 3. The first kappa shape index (κ1) is 43.9. The van der Waals surface area contributed by atoms with Crippen LogP contribution in [0.25, 0.3) is 0 Å². The third-order valence-electron chi connectivity index (χ3n) is 4.69. The molecule has 0 fully saturated rings. The summed E-state index contributed by atoms with van der Waals surface area (Å²) >= 11 is 0. The maximum atomic E-state index is 11.4. The second-order valence-electron chi connectivity index (χ2n) is 12.3. The van der Waals surface area contributed by atoms with Crippen molar-refractivity contribution in [1.82, 2.24) is 20.9 Å². The van der Waals surface area contributed by atoms with Gasteiger partial charge in [0.15, 0.2) is 0 Å². The summed E-state index contributed by atoms with van der Waals surface area (Å²) in [6.07, 6.45) is 0.637. The van der Waals surface area contributed by atoms with Gasteiger partial charge in [0.25, 0.3) is 0 Å². The predicted octanol–water partition coefficient (Wildman–Crippen LogP) is 5.79. The molecule has 0 heterocycles. The molecule has 0 saturated carbocycles. The molecule has 0 saturated heterocycles. The van der Waals surface area contributed by atoms with E-state index in [9.17, 15) is 19.2 Å². The molecule has 0 bridgehead atoms. The number of amides is 4. The second kappa shape index (κ2) is 24.9. The van der Waals surface area contributed by atoms with Crippen molar-refractivity contribution in [1.29, 1.82) is 0 Å². The molecule has 4 amide bonds. The zero-order valence-corrected chi connectivity index (χ0v) is 28.6. The fraction of sp³-hybridized carbons (Fsp3) is 0.871. The van der Waals surface area contributed by atoms with Crippen molar-refractivity contribution in [3.63, 3.8) is 0 Å². The fourth-order valence-corrected chi connectivity index (χ4v) is 2.76. The minimum atomic E-state index is 0.104. The average molecular weight is 559 g/mol. The monoisotopic (exact) mass is 559 g/mol. The predicted molar refractivity (Wildman–Crippen MR) is 166 cm³/mol. The average Bonchev–Trinajstić information content (AvgIpc) is 2.72. The van der Waals surface area contributed by atoms with Crippen molar-refractivity contribution >= 4 is 23.6 Å². The van der Waals surface area contributed by atoms with E-state index in [0.29, 0.717) is 18.4 Å². The van der Waals surface area contributed by atoms with Gasteiger partial charge in [-0.3, -0.25) is 19.2 Å². The van der Waals surface area contributed by atoms with Gasteiger partial charge in [0.2, 0.25) is 23.6 Å². The lowest BCUT2D eigenvalue weighted by atomic mass is 10.1. The third-order valence-corrected chi connectivity index (χ3v) is 4.69. The van der Waals surface area contributed by atoms with Gasteiger partial charge in [0.1, 0.15) is 0 Å². The van der Waals surface area contributed by atoms with E-state index in [4.69, 9.17) is 0 Å². The molecule has 8 nitrogen and oxygen atoms in total. The van der Waals surface area contributed by atoms with Crippen molar-refractivity contribution in [2.75, 3.05) is 6.54 Å². The summed E-state index contributed by atoms with van der Waals surface area (Å²) in [6, 6.07) is 1.13. The van der Waals surface area contributed by atoms with Crippen LogP contribution in [0.1, 0.15) is 124 Å². The molecule has 0 rings (SSSR count). The molecule has 8 heteroatoms. The van der Waals surface area contributed by atoms with Gasteiger partial charge in [0, 0.05) is 54.9 Å². The first-order chi connectivity index (χ1) is 17.6. The van der Waals surface area contributed by atoms with Crippen molar-refractivity contribution in [3.8, 4) is 0 Å². The van der Waals surface area contributed by atoms with Crippen molar-refractivity contribution in [3.05, 3.63) is 0 Å². The van der Waals surface area contributed by atoms with Crippen LogP contribution in [0.2, 0.25) is 0 Å². The van der Waals surface area contributed by atoms with Crippen LogP contribution in [0.15, 0.2) is 0 Å². The quantitative estimate of drug-likeness (QED) is 0.315. The summed E-state index contributed by atoms with van der Waals surface area (Å²) in [4.78, 5) is 46.0. The lowest BCUT2D eigenvalue weighted by molar-refractivity contribution is -0.136. The Labute approximate surface area is 242 Å². The molecular weight excluding hydrogens is 492 g/mol. The Morgan fingerprint density at radius 1 is 0.538 bits per heavy atom. The lowest BCUT2D eigenvalue weighted by Crippen LogP contribution is -2.39. The van der Waals surface area contributed by atoms with E-state index in [1.165, 1.54) is 0 Å². The molecule has 0 radical (unpaired) electrons. The topological polar surface area (TPSA) is 108 Å². The van der Waals surface area contributed by atoms with Gasteiger partial charge in [-0.1, -0.05) is 55.4 Å². The van der Waals surface area contributed by atoms with Crippen molar-refractivity contribution in [2.45, 2.75) is 148 Å². The van der Waals surface area contributed by atoms with Gasteiger partial charge in [-0.05, 0) is 68.2 Å². The van der Waals surface area contributed by atoms with E-state index in [1.54, 1.807) is 0 Å². The smallest absolute Gasteiger partial charge is 0.225 e. The minimum absolute atomic E-state index is 0.104. The number of rotatable bonds is 10. The fourth-order valence-electron chi connectivity index (χ4n) is 2.76. The lowest BCUT2D eigenvalue weighted by Gasteiger charge is -2.26. The first-order valence-corrected chi connectivity index (χ1v) is 14.8. The summed E-state index contributed by atoms with van der Waals surface area (Å²) in [5.41, 5.74) is 0. The number of carbonyl (C=O) groups is 4. The highest BCUT2D eigenvalue weighted by Gasteiger charge is 2.17. The van der Waals surface area contributed by atoms with Gasteiger partial charge in [-0.2, -0.15) is 0 Å². The summed E-state index contributed by atoms with van der Waals surface area (Å²) in [5, 5.41) is 8.44. The molecule has 39 heavy (non-hydrogen) atoms. The molecule has 0 aliphatic heterocycles. The maximum absolute atomic E-state index is 11.4. The molecule has 234 valence electrons. The van der Waals surface area contributed by atoms with Gasteiger partial charge >= 0.3 is 0 Å². The standard InChI is InChI=1S/C9H19NO.C8H17NO.2C7H15NO/c1-6-10(8(4)5)9(11)7(2)3;1-6(2)5-8(10)9-7(3)4;2*1-5(2)7(9)8-6(3)4/h7-8H,6H2,1-5H3;6-7H,5H2,1-4H3,(H,9,10);2*5-6H,1-4H3,(H,8,9). The number of hydrogen-bond acceptors (Lipinski definition) is 4. The zero-order chi connectivity index (χ0) is 32.0. The minimum Gasteiger partial charge on any atom is -0.354 e. The molecule has 0 aliphatic carbocycles. The van der Waals surface area contributed by atoms with E-state index >= 15 is 0 Å². The normalized spacial score (nSPS) is 10.6. The Kier molecular flexibility index (Phi) is 28.0. The molecule has 0 aromatic heterocycles. The molecule has 0 aromatic rings. The number of nitrogens with one attached hydrogen (secondary N) is 3. The van der Waals surface area contributed by atoms with Crippen LogP contribution in [0, 0.1) is 23.7 Å². The summed E-state index contributed by atoms with van der Waals surface area (Å²) in [6.45, 7) is 34.2. The van der Waals surface area contributed by atoms with Crippen LogP contribution in [0.3, 0.4) is 0 Å². The highest BCUT2D eigenvalue weighted by atomic mass is 16.2. The molecule has 0 atom stereocenters. The van der Waals surface area contributed by atoms with E-state index in [-0.39, 0.29) is 59.5 Å². The van der Waals surface area contributed by atoms with Crippen LogP contribution in [-0.4, -0.2) is 59.2 Å². The Bertz CT molecular complexity index is 617. The Morgan fingerprint density at radius 2 is 0.872 bits per heavy atom. The Morgan fingerprint density at radius 3 is 1.00 bits per heavy atom. The SMILES string of the molecule is CC(C)CC(=O)NC(C)C.CC(C)NC(=O)C(C)C.CC(C)NC(=O)C(C)C.CCN(C(=O)C(C)C)C(C)C. The van der Waals surface area contributed by atoms with Crippen LogP contribution < -0.4 is 16.0 Å². The van der Waals surface area contributed by atoms with Gasteiger partial charge in [0.05, 0.1) is 0 Å². The third kappa shape index (κ3) is 32.0. The molecule has 3 N–H and O–H groups in total.